The molecular formula is C14H24O2. The van der Waals surface area contributed by atoms with Crippen molar-refractivity contribution in [1.29, 1.82) is 0 Å². The maximum absolute atomic E-state index is 5.62. The fraction of sp³-hybridized carbons (Fsp3) is 0.857. The van der Waals surface area contributed by atoms with Gasteiger partial charge in [0.25, 0.3) is 0 Å². The molecule has 0 aromatic carbocycles. The van der Waals surface area contributed by atoms with Gasteiger partial charge in [-0.2, -0.15) is 0 Å². The van der Waals surface area contributed by atoms with Crippen molar-refractivity contribution >= 4 is 0 Å². The van der Waals surface area contributed by atoms with Gasteiger partial charge in [-0.05, 0) is 56.9 Å². The highest BCUT2D eigenvalue weighted by Crippen LogP contribution is 2.22. The third kappa shape index (κ3) is 4.17. The van der Waals surface area contributed by atoms with Crippen LogP contribution >= 0.6 is 0 Å². The van der Waals surface area contributed by atoms with Gasteiger partial charge in [0.15, 0.2) is 0 Å². The number of hydrogen-bond acceptors (Lipinski definition) is 2. The molecule has 2 nitrogen and oxygen atoms in total. The predicted molar refractivity (Wildman–Crippen MR) is 65.3 cm³/mol. The molecule has 0 spiro atoms. The molecule has 1 saturated heterocycles. The van der Waals surface area contributed by atoms with Crippen LogP contribution in [-0.2, 0) is 9.47 Å². The second-order valence-electron chi connectivity index (χ2n) is 4.98. The molecule has 92 valence electrons. The quantitative estimate of drug-likeness (QED) is 0.522. The monoisotopic (exact) mass is 224 g/mol. The highest BCUT2D eigenvalue weighted by molar-refractivity contribution is 5.00. The first-order valence-electron chi connectivity index (χ1n) is 6.86. The van der Waals surface area contributed by atoms with E-state index in [0.29, 0.717) is 6.10 Å². The minimum Gasteiger partial charge on any atom is -0.501 e. The lowest BCUT2D eigenvalue weighted by Crippen LogP contribution is -2.05. The Morgan fingerprint density at radius 2 is 2.06 bits per heavy atom. The lowest BCUT2D eigenvalue weighted by Gasteiger charge is -2.13. The molecule has 0 bridgehead atoms. The Kier molecular flexibility index (Phi) is 5.20. The van der Waals surface area contributed by atoms with Gasteiger partial charge in [-0.15, -0.1) is 0 Å². The summed E-state index contributed by atoms with van der Waals surface area (Å²) in [6.45, 7) is 1.83. The van der Waals surface area contributed by atoms with E-state index in [1.807, 2.05) is 6.26 Å². The van der Waals surface area contributed by atoms with E-state index in [1.54, 1.807) is 0 Å². The summed E-state index contributed by atoms with van der Waals surface area (Å²) >= 11 is 0. The topological polar surface area (TPSA) is 18.5 Å². The van der Waals surface area contributed by atoms with E-state index in [9.17, 15) is 0 Å². The Bertz CT molecular complexity index is 209. The fourth-order valence-corrected chi connectivity index (χ4v) is 2.57. The number of allylic oxidation sites excluding steroid dienone is 1. The van der Waals surface area contributed by atoms with Crippen LogP contribution < -0.4 is 0 Å². The van der Waals surface area contributed by atoms with Crippen molar-refractivity contribution in [3.63, 3.8) is 0 Å². The molecule has 2 fully saturated rings. The molecule has 2 heteroatoms. The van der Waals surface area contributed by atoms with E-state index in [4.69, 9.17) is 9.47 Å². The van der Waals surface area contributed by atoms with Crippen LogP contribution in [0, 0.1) is 0 Å². The molecule has 1 aliphatic carbocycles. The third-order valence-corrected chi connectivity index (χ3v) is 3.56. The highest BCUT2D eigenvalue weighted by Gasteiger charge is 2.14. The van der Waals surface area contributed by atoms with Gasteiger partial charge in [-0.25, -0.2) is 0 Å². The van der Waals surface area contributed by atoms with Gasteiger partial charge in [-0.1, -0.05) is 6.42 Å². The number of rotatable bonds is 5. The summed E-state index contributed by atoms with van der Waals surface area (Å²) in [7, 11) is 0. The molecule has 1 heterocycles. The van der Waals surface area contributed by atoms with Gasteiger partial charge in [0, 0.05) is 6.61 Å². The number of hydrogen-bond donors (Lipinski definition) is 0. The molecule has 2 aliphatic rings. The Balaban J connectivity index is 1.50. The van der Waals surface area contributed by atoms with Crippen molar-refractivity contribution in [2.45, 2.75) is 63.9 Å². The first kappa shape index (κ1) is 12.0. The second-order valence-corrected chi connectivity index (χ2v) is 4.98. The van der Waals surface area contributed by atoms with Gasteiger partial charge in [0.2, 0.25) is 0 Å². The van der Waals surface area contributed by atoms with Crippen LogP contribution in [0.15, 0.2) is 11.8 Å². The molecular weight excluding hydrogens is 200 g/mol. The average molecular weight is 224 g/mol. The van der Waals surface area contributed by atoms with Gasteiger partial charge in [-0.3, -0.25) is 0 Å². The third-order valence-electron chi connectivity index (χ3n) is 3.56. The van der Waals surface area contributed by atoms with E-state index < -0.39 is 0 Å². The SMILES string of the molecule is C(OCCCC1CCCO1)=C1CCCCC1. The summed E-state index contributed by atoms with van der Waals surface area (Å²) in [6, 6.07) is 0. The molecule has 1 saturated carbocycles. The van der Waals surface area contributed by atoms with Crippen LogP contribution in [0.1, 0.15) is 57.8 Å². The van der Waals surface area contributed by atoms with Crippen molar-refractivity contribution < 1.29 is 9.47 Å². The second kappa shape index (κ2) is 6.95. The first-order chi connectivity index (χ1) is 7.95. The van der Waals surface area contributed by atoms with Gasteiger partial charge < -0.3 is 9.47 Å². The molecule has 2 rings (SSSR count). The van der Waals surface area contributed by atoms with Gasteiger partial charge in [0.1, 0.15) is 0 Å². The summed E-state index contributed by atoms with van der Waals surface area (Å²) in [5, 5.41) is 0. The van der Waals surface area contributed by atoms with Crippen LogP contribution in [0.5, 0.6) is 0 Å². The first-order valence-corrected chi connectivity index (χ1v) is 6.86. The van der Waals surface area contributed by atoms with Crippen LogP contribution in [0.2, 0.25) is 0 Å². The summed E-state index contributed by atoms with van der Waals surface area (Å²) in [5.41, 5.74) is 1.52. The van der Waals surface area contributed by atoms with E-state index in [-0.39, 0.29) is 0 Å². The van der Waals surface area contributed by atoms with Crippen molar-refractivity contribution in [3.05, 3.63) is 11.8 Å². The lowest BCUT2D eigenvalue weighted by atomic mass is 9.96. The zero-order valence-corrected chi connectivity index (χ0v) is 10.2. The Hall–Kier alpha value is -0.500. The smallest absolute Gasteiger partial charge is 0.0874 e. The largest absolute Gasteiger partial charge is 0.501 e. The molecule has 1 aliphatic heterocycles. The molecule has 1 unspecified atom stereocenters. The Morgan fingerprint density at radius 3 is 2.81 bits per heavy atom. The van der Waals surface area contributed by atoms with Crippen molar-refractivity contribution in [3.8, 4) is 0 Å². The van der Waals surface area contributed by atoms with Crippen LogP contribution in [0.3, 0.4) is 0 Å². The fourth-order valence-electron chi connectivity index (χ4n) is 2.57. The standard InChI is InChI=1S/C14H24O2/c1-2-6-13(7-3-1)12-15-10-4-8-14-9-5-11-16-14/h12,14H,1-11H2. The van der Waals surface area contributed by atoms with E-state index in [1.165, 1.54) is 56.9 Å². The average Bonchev–Trinajstić information content (AvgIpc) is 2.83. The van der Waals surface area contributed by atoms with E-state index >= 15 is 0 Å². The summed E-state index contributed by atoms with van der Waals surface area (Å²) in [5.74, 6) is 0. The van der Waals surface area contributed by atoms with E-state index in [2.05, 4.69) is 0 Å². The predicted octanol–water partition coefficient (Wildman–Crippen LogP) is 3.81. The molecule has 0 aromatic heterocycles. The summed E-state index contributed by atoms with van der Waals surface area (Å²) < 4.78 is 11.2. The Labute approximate surface area is 99.0 Å². The van der Waals surface area contributed by atoms with Gasteiger partial charge >= 0.3 is 0 Å². The molecule has 16 heavy (non-hydrogen) atoms. The number of ether oxygens (including phenoxy) is 2. The van der Waals surface area contributed by atoms with E-state index in [0.717, 1.165) is 19.6 Å². The highest BCUT2D eigenvalue weighted by atomic mass is 16.5. The van der Waals surface area contributed by atoms with Crippen molar-refractivity contribution in [2.75, 3.05) is 13.2 Å². The molecule has 0 N–H and O–H groups in total. The molecule has 1 atom stereocenters. The minimum absolute atomic E-state index is 0.519. The normalized spacial score (nSPS) is 25.8. The van der Waals surface area contributed by atoms with Crippen molar-refractivity contribution in [1.82, 2.24) is 0 Å². The Morgan fingerprint density at radius 1 is 1.19 bits per heavy atom. The maximum atomic E-state index is 5.62. The van der Waals surface area contributed by atoms with Crippen LogP contribution in [0.4, 0.5) is 0 Å². The summed E-state index contributed by atoms with van der Waals surface area (Å²) in [6.07, 6.45) is 14.0. The lowest BCUT2D eigenvalue weighted by molar-refractivity contribution is 0.0953. The van der Waals surface area contributed by atoms with Crippen molar-refractivity contribution in [2.24, 2.45) is 0 Å². The molecule has 0 amide bonds. The van der Waals surface area contributed by atoms with Crippen LogP contribution in [0.25, 0.3) is 0 Å². The zero-order chi connectivity index (χ0) is 11.1. The minimum atomic E-state index is 0.519. The summed E-state index contributed by atoms with van der Waals surface area (Å²) in [4.78, 5) is 0. The van der Waals surface area contributed by atoms with Crippen LogP contribution in [-0.4, -0.2) is 19.3 Å². The zero-order valence-electron chi connectivity index (χ0n) is 10.2. The molecule has 0 aromatic rings. The molecule has 0 radical (unpaired) electrons. The van der Waals surface area contributed by atoms with Gasteiger partial charge in [0.05, 0.1) is 19.0 Å². The maximum Gasteiger partial charge on any atom is 0.0874 e.